The van der Waals surface area contributed by atoms with Gasteiger partial charge in [0.15, 0.2) is 0 Å². The molecule has 0 radical (unpaired) electrons. The van der Waals surface area contributed by atoms with Gasteiger partial charge in [0.05, 0.1) is 13.2 Å². The third kappa shape index (κ3) is 7.28. The molecule has 39 heavy (non-hydrogen) atoms. The van der Waals surface area contributed by atoms with E-state index in [1.54, 1.807) is 12.1 Å². The Labute approximate surface area is 226 Å². The number of ether oxygens (including phenoxy) is 2. The van der Waals surface area contributed by atoms with Crippen molar-refractivity contribution in [3.63, 3.8) is 0 Å². The SMILES string of the molecule is O=C(NCCCN1CCOCC1)c1ccc(CC2=CC3C=CC=C(c4cccc(OC(F)(F)F)c4)C3=C2)cc1. The Hall–Kier alpha value is -3.62. The van der Waals surface area contributed by atoms with E-state index < -0.39 is 6.36 Å². The highest BCUT2D eigenvalue weighted by atomic mass is 19.4. The number of amides is 1. The standard InChI is InChI=1S/C31H31F3N2O3/c32-31(33,34)39-27-6-1-4-26(21-27)28-7-2-5-25-19-23(20-29(25)28)18-22-8-10-24(11-9-22)30(37)35-12-3-13-36-14-16-38-17-15-36/h1-2,4-11,19-21,25H,3,12-18H2,(H,35,37). The molecule has 1 amide bonds. The molecular weight excluding hydrogens is 505 g/mol. The summed E-state index contributed by atoms with van der Waals surface area (Å²) in [6.07, 6.45) is 7.06. The van der Waals surface area contributed by atoms with Crippen molar-refractivity contribution >= 4 is 11.5 Å². The van der Waals surface area contributed by atoms with Crippen LogP contribution in [0.1, 0.15) is 27.9 Å². The van der Waals surface area contributed by atoms with Crippen molar-refractivity contribution in [3.05, 3.63) is 107 Å². The van der Waals surface area contributed by atoms with Gasteiger partial charge in [-0.25, -0.2) is 0 Å². The lowest BCUT2D eigenvalue weighted by Gasteiger charge is -2.26. The molecule has 0 saturated carbocycles. The van der Waals surface area contributed by atoms with Crippen LogP contribution in [0, 0.1) is 5.92 Å². The van der Waals surface area contributed by atoms with E-state index in [0.29, 0.717) is 24.1 Å². The predicted molar refractivity (Wildman–Crippen MR) is 144 cm³/mol. The molecule has 0 spiro atoms. The summed E-state index contributed by atoms with van der Waals surface area (Å²) in [5.74, 6) is -0.247. The molecule has 1 fully saturated rings. The molecule has 204 valence electrons. The van der Waals surface area contributed by atoms with Crippen LogP contribution in [0.25, 0.3) is 5.57 Å². The van der Waals surface area contributed by atoms with Crippen molar-refractivity contribution in [2.45, 2.75) is 19.2 Å². The fourth-order valence-electron chi connectivity index (χ4n) is 5.12. The van der Waals surface area contributed by atoms with E-state index in [9.17, 15) is 18.0 Å². The number of carbonyl (C=O) groups excluding carboxylic acids is 1. The van der Waals surface area contributed by atoms with Crippen LogP contribution in [0.2, 0.25) is 0 Å². The Bertz CT molecular complexity index is 1300. The second-order valence-corrected chi connectivity index (χ2v) is 9.85. The van der Waals surface area contributed by atoms with Gasteiger partial charge < -0.3 is 14.8 Å². The Morgan fingerprint density at radius 1 is 1.10 bits per heavy atom. The summed E-state index contributed by atoms with van der Waals surface area (Å²) in [6, 6.07) is 13.7. The Balaban J connectivity index is 1.17. The monoisotopic (exact) mass is 536 g/mol. The quantitative estimate of drug-likeness (QED) is 0.417. The average Bonchev–Trinajstić information content (AvgIpc) is 3.34. The molecule has 5 rings (SSSR count). The third-order valence-corrected chi connectivity index (χ3v) is 7.03. The lowest BCUT2D eigenvalue weighted by atomic mass is 9.87. The minimum absolute atomic E-state index is 0.0645. The molecular formula is C31H31F3N2O3. The maximum atomic E-state index is 12.7. The highest BCUT2D eigenvalue weighted by Crippen LogP contribution is 2.40. The van der Waals surface area contributed by atoms with Crippen LogP contribution >= 0.6 is 0 Å². The van der Waals surface area contributed by atoms with Gasteiger partial charge in [-0.2, -0.15) is 0 Å². The molecule has 1 heterocycles. The van der Waals surface area contributed by atoms with Crippen molar-refractivity contribution in [2.75, 3.05) is 39.4 Å². The smallest absolute Gasteiger partial charge is 0.406 e. The number of alkyl halides is 3. The number of fused-ring (bicyclic) bond motifs is 1. The summed E-state index contributed by atoms with van der Waals surface area (Å²) in [5, 5.41) is 3.00. The van der Waals surface area contributed by atoms with E-state index in [0.717, 1.165) is 61.6 Å². The molecule has 1 unspecified atom stereocenters. The minimum Gasteiger partial charge on any atom is -0.406 e. The third-order valence-electron chi connectivity index (χ3n) is 7.03. The van der Waals surface area contributed by atoms with Crippen molar-refractivity contribution in [3.8, 4) is 5.75 Å². The summed E-state index contributed by atoms with van der Waals surface area (Å²) in [7, 11) is 0. The Morgan fingerprint density at radius 2 is 1.90 bits per heavy atom. The zero-order chi connectivity index (χ0) is 27.2. The van der Waals surface area contributed by atoms with E-state index in [1.807, 2.05) is 36.4 Å². The van der Waals surface area contributed by atoms with E-state index in [-0.39, 0.29) is 17.6 Å². The maximum absolute atomic E-state index is 12.7. The van der Waals surface area contributed by atoms with Crippen molar-refractivity contribution in [1.82, 2.24) is 10.2 Å². The highest BCUT2D eigenvalue weighted by molar-refractivity contribution is 5.94. The number of hydrogen-bond donors (Lipinski definition) is 1. The van der Waals surface area contributed by atoms with Gasteiger partial charge >= 0.3 is 6.36 Å². The fraction of sp³-hybridized carbons (Fsp3) is 0.323. The van der Waals surface area contributed by atoms with E-state index in [4.69, 9.17) is 4.74 Å². The lowest BCUT2D eigenvalue weighted by Crippen LogP contribution is -2.38. The van der Waals surface area contributed by atoms with Crippen LogP contribution in [-0.2, 0) is 11.2 Å². The Kier molecular flexibility index (Phi) is 8.33. The van der Waals surface area contributed by atoms with Gasteiger partial charge in [0.1, 0.15) is 5.75 Å². The van der Waals surface area contributed by atoms with Crippen LogP contribution in [-0.4, -0.2) is 56.6 Å². The first kappa shape index (κ1) is 27.0. The van der Waals surface area contributed by atoms with Crippen molar-refractivity contribution < 1.29 is 27.4 Å². The largest absolute Gasteiger partial charge is 0.573 e. The van der Waals surface area contributed by atoms with Crippen molar-refractivity contribution in [2.24, 2.45) is 5.92 Å². The first-order valence-electron chi connectivity index (χ1n) is 13.2. The average molecular weight is 537 g/mol. The molecule has 1 aliphatic heterocycles. The molecule has 3 aliphatic rings. The number of carbonyl (C=O) groups is 1. The summed E-state index contributed by atoms with van der Waals surface area (Å²) in [5.41, 5.74) is 5.43. The molecule has 2 aromatic rings. The van der Waals surface area contributed by atoms with Gasteiger partial charge in [-0.3, -0.25) is 9.69 Å². The first-order chi connectivity index (χ1) is 18.8. The van der Waals surface area contributed by atoms with Gasteiger partial charge in [-0.15, -0.1) is 13.2 Å². The zero-order valence-corrected chi connectivity index (χ0v) is 21.5. The molecule has 8 heteroatoms. The molecule has 1 N–H and O–H groups in total. The second kappa shape index (κ2) is 12.1. The number of morpholine rings is 1. The molecule has 0 bridgehead atoms. The molecule has 5 nitrogen and oxygen atoms in total. The number of halogens is 3. The van der Waals surface area contributed by atoms with Crippen LogP contribution in [0.5, 0.6) is 5.75 Å². The molecule has 1 atom stereocenters. The molecule has 2 aliphatic carbocycles. The molecule has 0 aromatic heterocycles. The highest BCUT2D eigenvalue weighted by Gasteiger charge is 2.31. The number of rotatable bonds is 9. The first-order valence-corrected chi connectivity index (χ1v) is 13.2. The van der Waals surface area contributed by atoms with Crippen LogP contribution in [0.3, 0.4) is 0 Å². The number of allylic oxidation sites excluding steroid dienone is 8. The van der Waals surface area contributed by atoms with Crippen LogP contribution < -0.4 is 10.1 Å². The summed E-state index contributed by atoms with van der Waals surface area (Å²) < 4.78 is 47.6. The number of nitrogens with zero attached hydrogens (tertiary/aromatic N) is 1. The summed E-state index contributed by atoms with van der Waals surface area (Å²) in [4.78, 5) is 14.9. The molecule has 2 aromatic carbocycles. The predicted octanol–water partition coefficient (Wildman–Crippen LogP) is 5.72. The van der Waals surface area contributed by atoms with Crippen LogP contribution in [0.4, 0.5) is 13.2 Å². The molecule has 1 saturated heterocycles. The second-order valence-electron chi connectivity index (χ2n) is 9.85. The van der Waals surface area contributed by atoms with E-state index in [1.165, 1.54) is 12.1 Å². The van der Waals surface area contributed by atoms with Gasteiger partial charge in [0.25, 0.3) is 5.91 Å². The number of nitrogens with one attached hydrogen (secondary N) is 1. The van der Waals surface area contributed by atoms with Gasteiger partial charge in [0.2, 0.25) is 0 Å². The van der Waals surface area contributed by atoms with E-state index in [2.05, 4.69) is 33.2 Å². The fourth-order valence-corrected chi connectivity index (χ4v) is 5.12. The zero-order valence-electron chi connectivity index (χ0n) is 21.5. The summed E-state index contributed by atoms with van der Waals surface area (Å²) in [6.45, 7) is 5.02. The van der Waals surface area contributed by atoms with Crippen LogP contribution in [0.15, 0.2) is 90.1 Å². The number of hydrogen-bond acceptors (Lipinski definition) is 4. The maximum Gasteiger partial charge on any atom is 0.573 e. The minimum atomic E-state index is -4.73. The van der Waals surface area contributed by atoms with Gasteiger partial charge in [0, 0.05) is 31.1 Å². The Morgan fingerprint density at radius 3 is 2.67 bits per heavy atom. The normalized spacial score (nSPS) is 19.2. The number of benzene rings is 2. The topological polar surface area (TPSA) is 50.8 Å². The van der Waals surface area contributed by atoms with Crippen molar-refractivity contribution in [1.29, 1.82) is 0 Å². The lowest BCUT2D eigenvalue weighted by molar-refractivity contribution is -0.274. The summed E-state index contributed by atoms with van der Waals surface area (Å²) >= 11 is 0. The van der Waals surface area contributed by atoms with Gasteiger partial charge in [-0.1, -0.05) is 54.6 Å². The van der Waals surface area contributed by atoms with E-state index >= 15 is 0 Å². The van der Waals surface area contributed by atoms with Gasteiger partial charge in [-0.05, 0) is 71.5 Å².